The highest BCUT2D eigenvalue weighted by molar-refractivity contribution is 9.10. The van der Waals surface area contributed by atoms with Gasteiger partial charge in [-0.2, -0.15) is 23.0 Å². The van der Waals surface area contributed by atoms with Crippen molar-refractivity contribution >= 4 is 21.9 Å². The second-order valence-corrected chi connectivity index (χ2v) is 7.21. The van der Waals surface area contributed by atoms with E-state index in [-0.39, 0.29) is 30.2 Å². The van der Waals surface area contributed by atoms with Crippen LogP contribution in [0.4, 0.5) is 13.2 Å². The quantitative estimate of drug-likeness (QED) is 0.459. The van der Waals surface area contributed by atoms with Gasteiger partial charge in [-0.15, -0.1) is 0 Å². The zero-order chi connectivity index (χ0) is 22.6. The van der Waals surface area contributed by atoms with Gasteiger partial charge in [-0.1, -0.05) is 34.1 Å². The van der Waals surface area contributed by atoms with Crippen LogP contribution in [0.15, 0.2) is 63.9 Å². The molecule has 6 nitrogen and oxygen atoms in total. The molecule has 31 heavy (non-hydrogen) atoms. The lowest BCUT2D eigenvalue weighted by atomic mass is 10.1. The number of halogens is 4. The summed E-state index contributed by atoms with van der Waals surface area (Å²) in [7, 11) is 0. The molecule has 0 N–H and O–H groups in total. The van der Waals surface area contributed by atoms with Gasteiger partial charge in [-0.05, 0) is 42.8 Å². The van der Waals surface area contributed by atoms with Crippen LogP contribution in [0.2, 0.25) is 0 Å². The lowest BCUT2D eigenvalue weighted by Crippen LogP contribution is -2.25. The number of hydrogen-bond acceptors (Lipinski definition) is 5. The highest BCUT2D eigenvalue weighted by atomic mass is 79.9. The van der Waals surface area contributed by atoms with E-state index in [4.69, 9.17) is 9.47 Å². The van der Waals surface area contributed by atoms with Gasteiger partial charge in [0.15, 0.2) is 5.75 Å². The van der Waals surface area contributed by atoms with Crippen molar-refractivity contribution < 1.29 is 27.4 Å². The first-order chi connectivity index (χ1) is 14.7. The van der Waals surface area contributed by atoms with Crippen molar-refractivity contribution in [1.29, 1.82) is 0 Å². The predicted molar refractivity (Wildman–Crippen MR) is 109 cm³/mol. The van der Waals surface area contributed by atoms with Crippen molar-refractivity contribution in [3.05, 3.63) is 86.2 Å². The molecular formula is C21H16BrF3N2O4. The normalized spacial score (nSPS) is 11.3. The van der Waals surface area contributed by atoms with E-state index in [1.165, 1.54) is 12.1 Å². The molecule has 0 aliphatic heterocycles. The summed E-state index contributed by atoms with van der Waals surface area (Å²) < 4.78 is 50.9. The van der Waals surface area contributed by atoms with E-state index in [0.717, 1.165) is 22.9 Å². The van der Waals surface area contributed by atoms with Crippen molar-refractivity contribution in [2.45, 2.75) is 19.7 Å². The molecule has 1 aromatic heterocycles. The van der Waals surface area contributed by atoms with Gasteiger partial charge in [0.25, 0.3) is 5.56 Å². The topological polar surface area (TPSA) is 70.4 Å². The minimum atomic E-state index is -4.50. The molecule has 0 saturated heterocycles. The van der Waals surface area contributed by atoms with E-state index >= 15 is 0 Å². The van der Waals surface area contributed by atoms with Crippen LogP contribution in [0, 0.1) is 0 Å². The largest absolute Gasteiger partial charge is 0.486 e. The van der Waals surface area contributed by atoms with Crippen LogP contribution in [-0.2, 0) is 17.5 Å². The summed E-state index contributed by atoms with van der Waals surface area (Å²) in [5.74, 6) is -1.02. The number of esters is 1. The van der Waals surface area contributed by atoms with Gasteiger partial charge in [0, 0.05) is 4.47 Å². The smallest absolute Gasteiger partial charge is 0.416 e. The monoisotopic (exact) mass is 496 g/mol. The standard InChI is InChI=1S/C21H16BrF3N2O4/c1-2-30-20(29)19-17(31-12-13-5-3-6-14(9-13)21(23,24)25)11-18(28)27(26-19)16-8-4-7-15(22)10-16/h3-11H,2,12H2,1H3. The van der Waals surface area contributed by atoms with Gasteiger partial charge in [-0.25, -0.2) is 4.79 Å². The summed E-state index contributed by atoms with van der Waals surface area (Å²) in [5, 5.41) is 4.08. The lowest BCUT2D eigenvalue weighted by Gasteiger charge is -2.13. The van der Waals surface area contributed by atoms with Crippen molar-refractivity contribution in [3.63, 3.8) is 0 Å². The minimum absolute atomic E-state index is 0.0591. The number of ether oxygens (including phenoxy) is 2. The Labute approximate surface area is 183 Å². The molecule has 0 spiro atoms. The highest BCUT2D eigenvalue weighted by Crippen LogP contribution is 2.30. The summed E-state index contributed by atoms with van der Waals surface area (Å²) in [4.78, 5) is 25.0. The fourth-order valence-corrected chi connectivity index (χ4v) is 3.07. The van der Waals surface area contributed by atoms with Crippen LogP contribution < -0.4 is 10.3 Å². The van der Waals surface area contributed by atoms with Gasteiger partial charge >= 0.3 is 12.1 Å². The van der Waals surface area contributed by atoms with E-state index in [1.54, 1.807) is 31.2 Å². The fraction of sp³-hybridized carbons (Fsp3) is 0.190. The van der Waals surface area contributed by atoms with Crippen molar-refractivity contribution in [2.75, 3.05) is 6.61 Å². The Morgan fingerprint density at radius 2 is 1.87 bits per heavy atom. The molecule has 0 atom stereocenters. The Bertz CT molecular complexity index is 1160. The highest BCUT2D eigenvalue weighted by Gasteiger charge is 2.30. The van der Waals surface area contributed by atoms with Gasteiger partial charge in [0.1, 0.15) is 6.61 Å². The van der Waals surface area contributed by atoms with Crippen LogP contribution in [0.3, 0.4) is 0 Å². The number of nitrogens with zero attached hydrogens (tertiary/aromatic N) is 2. The third-order valence-corrected chi connectivity index (χ3v) is 4.56. The molecule has 0 aliphatic rings. The molecule has 0 unspecified atom stereocenters. The van der Waals surface area contributed by atoms with E-state index < -0.39 is 23.3 Å². The summed E-state index contributed by atoms with van der Waals surface area (Å²) in [6, 6.07) is 12.3. The molecule has 0 fully saturated rings. The van der Waals surface area contributed by atoms with Crippen LogP contribution in [0.25, 0.3) is 5.69 Å². The Hall–Kier alpha value is -3.14. The lowest BCUT2D eigenvalue weighted by molar-refractivity contribution is -0.137. The Morgan fingerprint density at radius 3 is 2.55 bits per heavy atom. The molecule has 0 aliphatic carbocycles. The van der Waals surface area contributed by atoms with Gasteiger partial charge in [0.05, 0.1) is 23.9 Å². The second-order valence-electron chi connectivity index (χ2n) is 6.29. The third-order valence-electron chi connectivity index (χ3n) is 4.07. The molecule has 0 bridgehead atoms. The second kappa shape index (κ2) is 9.34. The molecule has 0 saturated carbocycles. The van der Waals surface area contributed by atoms with Gasteiger partial charge < -0.3 is 9.47 Å². The molecule has 3 rings (SSSR count). The van der Waals surface area contributed by atoms with Crippen LogP contribution in [0.5, 0.6) is 5.75 Å². The predicted octanol–water partition coefficient (Wildman–Crippen LogP) is 4.77. The van der Waals surface area contributed by atoms with Gasteiger partial charge in [0.2, 0.25) is 5.69 Å². The summed E-state index contributed by atoms with van der Waals surface area (Å²) in [6.07, 6.45) is -4.50. The van der Waals surface area contributed by atoms with E-state index in [1.807, 2.05) is 0 Å². The SMILES string of the molecule is CCOC(=O)c1nn(-c2cccc(Br)c2)c(=O)cc1OCc1cccc(C(F)(F)F)c1. The third kappa shape index (κ3) is 5.52. The number of rotatable bonds is 6. The minimum Gasteiger partial charge on any atom is -0.486 e. The maximum absolute atomic E-state index is 12.9. The molecule has 0 amide bonds. The molecule has 1 heterocycles. The average Bonchev–Trinajstić information content (AvgIpc) is 2.72. The Kier molecular flexibility index (Phi) is 6.79. The summed E-state index contributed by atoms with van der Waals surface area (Å²) >= 11 is 3.30. The van der Waals surface area contributed by atoms with Crippen LogP contribution in [-0.4, -0.2) is 22.4 Å². The van der Waals surface area contributed by atoms with Gasteiger partial charge in [-0.3, -0.25) is 4.79 Å². The summed E-state index contributed by atoms with van der Waals surface area (Å²) in [5.41, 5.74) is -1.09. The van der Waals surface area contributed by atoms with Crippen molar-refractivity contribution in [2.24, 2.45) is 0 Å². The van der Waals surface area contributed by atoms with Crippen LogP contribution >= 0.6 is 15.9 Å². The fourth-order valence-electron chi connectivity index (χ4n) is 2.68. The molecular weight excluding hydrogens is 481 g/mol. The van der Waals surface area contributed by atoms with Crippen molar-refractivity contribution in [1.82, 2.24) is 9.78 Å². The first-order valence-electron chi connectivity index (χ1n) is 9.05. The molecule has 0 radical (unpaired) electrons. The molecule has 10 heteroatoms. The van der Waals surface area contributed by atoms with Crippen LogP contribution in [0.1, 0.15) is 28.5 Å². The van der Waals surface area contributed by atoms with Crippen molar-refractivity contribution in [3.8, 4) is 11.4 Å². The summed E-state index contributed by atoms with van der Waals surface area (Å²) in [6.45, 7) is 1.35. The zero-order valence-electron chi connectivity index (χ0n) is 16.1. The molecule has 2 aromatic carbocycles. The first kappa shape index (κ1) is 22.5. The number of carbonyl (C=O) groups excluding carboxylic acids is 1. The Morgan fingerprint density at radius 1 is 1.13 bits per heavy atom. The number of benzene rings is 2. The Balaban J connectivity index is 1.97. The number of alkyl halides is 3. The number of carbonyl (C=O) groups is 1. The number of hydrogen-bond donors (Lipinski definition) is 0. The molecule has 162 valence electrons. The maximum Gasteiger partial charge on any atom is 0.416 e. The van der Waals surface area contributed by atoms with E-state index in [9.17, 15) is 22.8 Å². The molecule has 3 aromatic rings. The van der Waals surface area contributed by atoms with E-state index in [0.29, 0.717) is 10.2 Å². The zero-order valence-corrected chi connectivity index (χ0v) is 17.7. The van der Waals surface area contributed by atoms with E-state index in [2.05, 4.69) is 21.0 Å². The maximum atomic E-state index is 12.9. The average molecular weight is 497 g/mol. The first-order valence-corrected chi connectivity index (χ1v) is 9.84. The number of aromatic nitrogens is 2.